The lowest BCUT2D eigenvalue weighted by Crippen LogP contribution is -2.41. The van der Waals surface area contributed by atoms with Gasteiger partial charge in [-0.05, 0) is 24.0 Å². The molecule has 0 saturated carbocycles. The maximum Gasteiger partial charge on any atom is 0.251 e. The SMILES string of the molecule is COc1cc(OC)cc(C(=O)NCCS(=O)(=O)N(CC(C)C)CC(C)C)c1. The summed E-state index contributed by atoms with van der Waals surface area (Å²) in [5.74, 6) is 0.940. The van der Waals surface area contributed by atoms with Crippen LogP contribution in [0.15, 0.2) is 18.2 Å². The number of rotatable bonds is 11. The number of hydrogen-bond donors (Lipinski definition) is 1. The maximum absolute atomic E-state index is 12.7. The molecule has 1 aromatic carbocycles. The first kappa shape index (κ1) is 23.2. The first-order valence-electron chi connectivity index (χ1n) is 9.08. The van der Waals surface area contributed by atoms with Crippen molar-refractivity contribution in [3.05, 3.63) is 23.8 Å². The predicted octanol–water partition coefficient (Wildman–Crippen LogP) is 2.38. The van der Waals surface area contributed by atoms with E-state index in [0.717, 1.165) is 0 Å². The molecule has 0 atom stereocenters. The highest BCUT2D eigenvalue weighted by molar-refractivity contribution is 7.89. The standard InChI is InChI=1S/C19H32N2O5S/c1-14(2)12-21(13-15(3)4)27(23,24)8-7-20-19(22)16-9-17(25-5)11-18(10-16)26-6/h9-11,14-15H,7-8,12-13H2,1-6H3,(H,20,22). The monoisotopic (exact) mass is 400 g/mol. The average Bonchev–Trinajstić information content (AvgIpc) is 2.59. The number of nitrogens with one attached hydrogen (secondary N) is 1. The number of benzene rings is 1. The van der Waals surface area contributed by atoms with E-state index < -0.39 is 10.0 Å². The zero-order valence-corrected chi connectivity index (χ0v) is 17.9. The Morgan fingerprint density at radius 3 is 1.89 bits per heavy atom. The van der Waals surface area contributed by atoms with E-state index in [-0.39, 0.29) is 30.0 Å². The molecule has 27 heavy (non-hydrogen) atoms. The van der Waals surface area contributed by atoms with Gasteiger partial charge in [0.2, 0.25) is 10.0 Å². The Balaban J connectivity index is 2.75. The normalized spacial score (nSPS) is 11.9. The molecule has 0 saturated heterocycles. The second-order valence-electron chi connectivity index (χ2n) is 7.28. The van der Waals surface area contributed by atoms with Gasteiger partial charge in [-0.15, -0.1) is 0 Å². The molecule has 0 radical (unpaired) electrons. The van der Waals surface area contributed by atoms with Crippen molar-refractivity contribution in [1.82, 2.24) is 9.62 Å². The van der Waals surface area contributed by atoms with E-state index in [1.54, 1.807) is 18.2 Å². The van der Waals surface area contributed by atoms with E-state index in [2.05, 4.69) is 5.32 Å². The predicted molar refractivity (Wildman–Crippen MR) is 107 cm³/mol. The van der Waals surface area contributed by atoms with Crippen LogP contribution >= 0.6 is 0 Å². The molecule has 0 aliphatic heterocycles. The number of amides is 1. The van der Waals surface area contributed by atoms with Gasteiger partial charge in [-0.3, -0.25) is 4.79 Å². The highest BCUT2D eigenvalue weighted by Gasteiger charge is 2.23. The molecule has 1 N–H and O–H groups in total. The smallest absolute Gasteiger partial charge is 0.251 e. The third-order valence-corrected chi connectivity index (χ3v) is 5.60. The Hall–Kier alpha value is -1.80. The number of sulfonamides is 1. The summed E-state index contributed by atoms with van der Waals surface area (Å²) in [5, 5.41) is 2.66. The van der Waals surface area contributed by atoms with Gasteiger partial charge in [-0.25, -0.2) is 12.7 Å². The topological polar surface area (TPSA) is 84.9 Å². The van der Waals surface area contributed by atoms with E-state index >= 15 is 0 Å². The van der Waals surface area contributed by atoms with Crippen LogP contribution in [0.2, 0.25) is 0 Å². The molecular formula is C19H32N2O5S. The summed E-state index contributed by atoms with van der Waals surface area (Å²) in [6, 6.07) is 4.82. The number of ether oxygens (including phenoxy) is 2. The van der Waals surface area contributed by atoms with Crippen LogP contribution in [0.4, 0.5) is 0 Å². The van der Waals surface area contributed by atoms with E-state index in [9.17, 15) is 13.2 Å². The molecule has 1 aromatic rings. The second-order valence-corrected chi connectivity index (χ2v) is 9.37. The minimum atomic E-state index is -3.45. The van der Waals surface area contributed by atoms with Gasteiger partial charge in [-0.1, -0.05) is 27.7 Å². The highest BCUT2D eigenvalue weighted by atomic mass is 32.2. The minimum Gasteiger partial charge on any atom is -0.497 e. The lowest BCUT2D eigenvalue weighted by molar-refractivity contribution is 0.0955. The highest BCUT2D eigenvalue weighted by Crippen LogP contribution is 2.22. The molecule has 154 valence electrons. The first-order valence-corrected chi connectivity index (χ1v) is 10.7. The summed E-state index contributed by atoms with van der Waals surface area (Å²) in [5.41, 5.74) is 0.352. The Morgan fingerprint density at radius 2 is 1.48 bits per heavy atom. The fourth-order valence-electron chi connectivity index (χ4n) is 2.58. The molecule has 0 aliphatic rings. The van der Waals surface area contributed by atoms with E-state index in [1.165, 1.54) is 18.5 Å². The van der Waals surface area contributed by atoms with Crippen molar-refractivity contribution >= 4 is 15.9 Å². The molecule has 1 rings (SSSR count). The van der Waals surface area contributed by atoms with Crippen molar-refractivity contribution in [2.24, 2.45) is 11.8 Å². The summed E-state index contributed by atoms with van der Waals surface area (Å²) >= 11 is 0. The van der Waals surface area contributed by atoms with Gasteiger partial charge in [0.05, 0.1) is 20.0 Å². The van der Waals surface area contributed by atoms with Gasteiger partial charge in [0, 0.05) is 31.3 Å². The number of carbonyl (C=O) groups is 1. The van der Waals surface area contributed by atoms with Crippen molar-refractivity contribution in [3.63, 3.8) is 0 Å². The van der Waals surface area contributed by atoms with Gasteiger partial charge in [0.15, 0.2) is 0 Å². The lowest BCUT2D eigenvalue weighted by Gasteiger charge is -2.25. The molecule has 0 aromatic heterocycles. The number of hydrogen-bond acceptors (Lipinski definition) is 5. The summed E-state index contributed by atoms with van der Waals surface area (Å²) < 4.78 is 37.1. The molecule has 0 unspecified atom stereocenters. The van der Waals surface area contributed by atoms with Crippen LogP contribution in [-0.2, 0) is 10.0 Å². The van der Waals surface area contributed by atoms with Gasteiger partial charge in [-0.2, -0.15) is 0 Å². The lowest BCUT2D eigenvalue weighted by atomic mass is 10.2. The molecule has 0 bridgehead atoms. The third kappa shape index (κ3) is 7.76. The molecule has 0 fully saturated rings. The molecule has 7 nitrogen and oxygen atoms in total. The zero-order chi connectivity index (χ0) is 20.6. The first-order chi connectivity index (χ1) is 12.6. The van der Waals surface area contributed by atoms with Gasteiger partial charge >= 0.3 is 0 Å². The van der Waals surface area contributed by atoms with Crippen LogP contribution in [0.25, 0.3) is 0 Å². The quantitative estimate of drug-likeness (QED) is 0.616. The maximum atomic E-state index is 12.7. The molecule has 0 heterocycles. The zero-order valence-electron chi connectivity index (χ0n) is 17.1. The van der Waals surface area contributed by atoms with Crippen LogP contribution in [0.1, 0.15) is 38.1 Å². The molecule has 0 aliphatic carbocycles. The summed E-state index contributed by atoms with van der Waals surface area (Å²) in [4.78, 5) is 12.4. The third-order valence-electron chi connectivity index (χ3n) is 3.79. The summed E-state index contributed by atoms with van der Waals surface area (Å²) in [6.07, 6.45) is 0. The van der Waals surface area contributed by atoms with Crippen molar-refractivity contribution in [2.45, 2.75) is 27.7 Å². The second kappa shape index (κ2) is 10.5. The van der Waals surface area contributed by atoms with Crippen LogP contribution in [-0.4, -0.2) is 58.2 Å². The summed E-state index contributed by atoms with van der Waals surface area (Å²) in [6.45, 7) is 8.93. The van der Waals surface area contributed by atoms with Crippen LogP contribution < -0.4 is 14.8 Å². The van der Waals surface area contributed by atoms with Crippen molar-refractivity contribution in [1.29, 1.82) is 0 Å². The van der Waals surface area contributed by atoms with E-state index in [4.69, 9.17) is 9.47 Å². The number of carbonyl (C=O) groups excluding carboxylic acids is 1. The molecular weight excluding hydrogens is 368 g/mol. The van der Waals surface area contributed by atoms with Gasteiger partial charge in [0.25, 0.3) is 5.91 Å². The Bertz CT molecular complexity index is 685. The molecule has 1 amide bonds. The van der Waals surface area contributed by atoms with Crippen molar-refractivity contribution in [3.8, 4) is 11.5 Å². The van der Waals surface area contributed by atoms with E-state index in [1.807, 2.05) is 27.7 Å². The molecule has 0 spiro atoms. The molecule has 8 heteroatoms. The number of methoxy groups -OCH3 is 2. The fourth-order valence-corrected chi connectivity index (χ4v) is 4.25. The van der Waals surface area contributed by atoms with Gasteiger partial charge < -0.3 is 14.8 Å². The Morgan fingerprint density at radius 1 is 1.00 bits per heavy atom. The Labute approximate surface area is 163 Å². The Kier molecular flexibility index (Phi) is 9.05. The van der Waals surface area contributed by atoms with E-state index in [0.29, 0.717) is 30.2 Å². The number of nitrogens with zero attached hydrogens (tertiary/aromatic N) is 1. The van der Waals surface area contributed by atoms with Crippen LogP contribution in [0, 0.1) is 11.8 Å². The fraction of sp³-hybridized carbons (Fsp3) is 0.632. The van der Waals surface area contributed by atoms with Crippen LogP contribution in [0.5, 0.6) is 11.5 Å². The van der Waals surface area contributed by atoms with Crippen molar-refractivity contribution in [2.75, 3.05) is 39.6 Å². The average molecular weight is 401 g/mol. The van der Waals surface area contributed by atoms with Gasteiger partial charge in [0.1, 0.15) is 11.5 Å². The summed E-state index contributed by atoms with van der Waals surface area (Å²) in [7, 11) is -0.445. The largest absolute Gasteiger partial charge is 0.497 e. The van der Waals surface area contributed by atoms with Crippen molar-refractivity contribution < 1.29 is 22.7 Å². The van der Waals surface area contributed by atoms with Crippen LogP contribution in [0.3, 0.4) is 0 Å². The minimum absolute atomic E-state index is 0.0351.